The highest BCUT2D eigenvalue weighted by Gasteiger charge is 2.79. The van der Waals surface area contributed by atoms with Crippen molar-refractivity contribution in [3.05, 3.63) is 62.7 Å². The molecule has 11 aliphatic rings. The van der Waals surface area contributed by atoms with Crippen molar-refractivity contribution < 1.29 is 49.6 Å². The van der Waals surface area contributed by atoms with E-state index >= 15 is 0 Å². The summed E-state index contributed by atoms with van der Waals surface area (Å²) in [6.07, 6.45) is 7.12. The Balaban J connectivity index is 0.811. The minimum Gasteiger partial charge on any atom is -0.459 e. The van der Waals surface area contributed by atoms with Crippen molar-refractivity contribution in [3.8, 4) is 5.75 Å². The van der Waals surface area contributed by atoms with Gasteiger partial charge in [-0.3, -0.25) is 9.97 Å². The van der Waals surface area contributed by atoms with E-state index in [-0.39, 0.29) is 47.5 Å². The molecule has 1 aromatic carbocycles. The monoisotopic (exact) mass is 895 g/mol. The van der Waals surface area contributed by atoms with E-state index in [9.17, 15) is 30.6 Å². The van der Waals surface area contributed by atoms with Crippen LogP contribution >= 0.6 is 0 Å². The van der Waals surface area contributed by atoms with Crippen molar-refractivity contribution in [3.63, 3.8) is 0 Å². The van der Waals surface area contributed by atoms with Crippen molar-refractivity contribution >= 4 is 0 Å². The Morgan fingerprint density at radius 3 is 2.15 bits per heavy atom. The molecule has 19 atom stereocenters. The zero-order valence-electron chi connectivity index (χ0n) is 39.5. The van der Waals surface area contributed by atoms with Gasteiger partial charge in [0.25, 0.3) is 0 Å². The second-order valence-corrected chi connectivity index (χ2v) is 25.0. The third-order valence-electron chi connectivity index (χ3n) is 21.4. The summed E-state index contributed by atoms with van der Waals surface area (Å²) in [6.45, 7) is 16.4. The van der Waals surface area contributed by atoms with Gasteiger partial charge in [0, 0.05) is 47.5 Å². The summed E-state index contributed by atoms with van der Waals surface area (Å²) in [7, 11) is 0. The smallest absolute Gasteiger partial charge is 0.240 e. The topological polar surface area (TPSA) is 184 Å². The molecule has 1 aromatic heterocycles. The third kappa shape index (κ3) is 4.96. The number of hydrogen-bond acceptors (Lipinski definition) is 12. The highest BCUT2D eigenvalue weighted by atomic mass is 16.7. The molecule has 2 aromatic rings. The van der Waals surface area contributed by atoms with Crippen LogP contribution in [0.2, 0.25) is 0 Å². The number of ether oxygens (including phenoxy) is 4. The van der Waals surface area contributed by atoms with E-state index in [1.165, 1.54) is 11.1 Å². The summed E-state index contributed by atoms with van der Waals surface area (Å²) < 4.78 is 26.6. The summed E-state index contributed by atoms with van der Waals surface area (Å²) in [6, 6.07) is 2.26. The molecule has 2 spiro atoms. The Kier molecular flexibility index (Phi) is 8.39. The quantitative estimate of drug-likeness (QED) is 0.202. The largest absolute Gasteiger partial charge is 0.459 e. The van der Waals surface area contributed by atoms with Crippen molar-refractivity contribution in [2.45, 2.75) is 203 Å². The van der Waals surface area contributed by atoms with Gasteiger partial charge in [-0.1, -0.05) is 46.3 Å². The predicted octanol–water partition coefficient (Wildman–Crippen LogP) is 5.35. The number of fused-ring (bicyclic) bond motifs is 13. The molecule has 5 fully saturated rings. The maximum absolute atomic E-state index is 12.9. The molecule has 12 heteroatoms. The van der Waals surface area contributed by atoms with Gasteiger partial charge in [-0.15, -0.1) is 0 Å². The summed E-state index contributed by atoms with van der Waals surface area (Å²) >= 11 is 0. The Morgan fingerprint density at radius 1 is 0.754 bits per heavy atom. The molecule has 65 heavy (non-hydrogen) atoms. The van der Waals surface area contributed by atoms with Gasteiger partial charge in [0.05, 0.1) is 52.8 Å². The number of aromatic nitrogens is 2. The van der Waals surface area contributed by atoms with Crippen LogP contribution in [-0.2, 0) is 51.7 Å². The van der Waals surface area contributed by atoms with E-state index in [0.29, 0.717) is 31.1 Å². The lowest BCUT2D eigenvalue weighted by Gasteiger charge is -2.61. The third-order valence-corrected chi connectivity index (χ3v) is 21.4. The predicted molar refractivity (Wildman–Crippen MR) is 237 cm³/mol. The molecule has 352 valence electrons. The Labute approximate surface area is 382 Å². The van der Waals surface area contributed by atoms with Crippen LogP contribution in [0.5, 0.6) is 5.75 Å². The molecule has 5 heterocycles. The Bertz CT molecular complexity index is 2480. The van der Waals surface area contributed by atoms with Crippen molar-refractivity contribution in [1.82, 2.24) is 9.97 Å². The molecule has 12 nitrogen and oxygen atoms in total. The normalized spacial score (nSPS) is 52.4. The van der Waals surface area contributed by atoms with E-state index < -0.39 is 70.2 Å². The number of nitrogens with zero attached hydrogens (tertiary/aromatic N) is 2. The van der Waals surface area contributed by atoms with Crippen LogP contribution in [0.3, 0.4) is 0 Å². The number of aliphatic hydroxyl groups is 6. The summed E-state index contributed by atoms with van der Waals surface area (Å²) in [5.41, 5.74) is 5.86. The van der Waals surface area contributed by atoms with E-state index in [2.05, 4.69) is 32.9 Å². The van der Waals surface area contributed by atoms with Crippen molar-refractivity contribution in [1.29, 1.82) is 0 Å². The highest BCUT2D eigenvalue weighted by molar-refractivity contribution is 5.60. The lowest BCUT2D eigenvalue weighted by Crippen LogP contribution is -2.64. The van der Waals surface area contributed by atoms with Crippen LogP contribution in [-0.4, -0.2) is 100 Å². The summed E-state index contributed by atoms with van der Waals surface area (Å²) in [5, 5.41) is 70.3. The number of aliphatic hydroxyl groups excluding tert-OH is 5. The molecule has 3 saturated heterocycles. The molecule has 4 aliphatic heterocycles. The molecule has 0 bridgehead atoms. The highest BCUT2D eigenvalue weighted by Crippen LogP contribution is 2.71. The lowest BCUT2D eigenvalue weighted by atomic mass is 9.44. The van der Waals surface area contributed by atoms with Crippen LogP contribution in [0.15, 0.2) is 17.7 Å². The van der Waals surface area contributed by atoms with Crippen molar-refractivity contribution in [2.24, 2.45) is 46.3 Å². The maximum Gasteiger partial charge on any atom is 0.240 e. The fourth-order valence-corrected chi connectivity index (χ4v) is 17.8. The van der Waals surface area contributed by atoms with Gasteiger partial charge in [-0.05, 0) is 136 Å². The minimum atomic E-state index is -1.50. The molecule has 0 amide bonds. The first-order valence-electron chi connectivity index (χ1n) is 25.2. The molecule has 0 radical (unpaired) electrons. The maximum atomic E-state index is 12.9. The molecule has 6 N–H and O–H groups in total. The summed E-state index contributed by atoms with van der Waals surface area (Å²) in [5.74, 6) is -1.52. The first kappa shape index (κ1) is 42.6. The van der Waals surface area contributed by atoms with E-state index in [0.717, 1.165) is 96.6 Å². The average molecular weight is 895 g/mol. The van der Waals surface area contributed by atoms with E-state index in [1.54, 1.807) is 6.92 Å². The second kappa shape index (κ2) is 12.8. The van der Waals surface area contributed by atoms with Gasteiger partial charge in [0.2, 0.25) is 11.6 Å². The zero-order valence-corrected chi connectivity index (χ0v) is 39.5. The van der Waals surface area contributed by atoms with Crippen molar-refractivity contribution in [2.75, 3.05) is 6.61 Å². The van der Waals surface area contributed by atoms with Gasteiger partial charge < -0.3 is 49.6 Å². The molecular weight excluding hydrogens is 825 g/mol. The van der Waals surface area contributed by atoms with Crippen LogP contribution in [0.4, 0.5) is 0 Å². The number of rotatable bonds is 1. The fourth-order valence-electron chi connectivity index (χ4n) is 17.8. The molecular formula is C53H70N2O10. The number of benzene rings is 1. The lowest BCUT2D eigenvalue weighted by molar-refractivity contribution is -0.280. The molecule has 2 saturated carbocycles. The number of hydrogen-bond donors (Lipinski definition) is 6. The first-order valence-corrected chi connectivity index (χ1v) is 25.2. The zero-order chi connectivity index (χ0) is 45.6. The standard InChI is InChI=1S/C53H70N2O10/c1-24-30-15-38(57)44-29-12-10-27-14-35-36(19-48(27,6)31(29)16-39(45(30)44)62-52(24)41(59)21-46(3,4)64-52)54-34-13-26-9-11-28-32(49(26,7)20-37(34)55-35)17-40(58)50(8)33(28)18-43-51(50,61)25(2)53(63-43)42(60)22-47(5,23-56)65-53/h16,18,24-28,30,32,38,40-43,56-61H,9-15,17,19-23H2,1-8H3/t24-,25?,26?,27?,28?,30+,32?,38?,40+,41?,42+,43-,47-,48-,49-,50+,51+,52?,53-/m1/s1. The van der Waals surface area contributed by atoms with E-state index in [1.807, 2.05) is 27.7 Å². The van der Waals surface area contributed by atoms with E-state index in [4.69, 9.17) is 28.9 Å². The van der Waals surface area contributed by atoms with Gasteiger partial charge in [-0.25, -0.2) is 0 Å². The molecule has 13 rings (SSSR count). The minimum absolute atomic E-state index is 0.0487. The van der Waals surface area contributed by atoms with Gasteiger partial charge in [0.15, 0.2) is 0 Å². The van der Waals surface area contributed by atoms with Crippen LogP contribution in [0.1, 0.15) is 157 Å². The van der Waals surface area contributed by atoms with Gasteiger partial charge in [-0.2, -0.15) is 0 Å². The van der Waals surface area contributed by atoms with Gasteiger partial charge in [0.1, 0.15) is 29.7 Å². The summed E-state index contributed by atoms with van der Waals surface area (Å²) in [4.78, 5) is 11.1. The van der Waals surface area contributed by atoms with Crippen LogP contribution in [0, 0.1) is 46.3 Å². The second-order valence-electron chi connectivity index (χ2n) is 25.0. The average Bonchev–Trinajstić information content (AvgIpc) is 3.94. The Hall–Kier alpha value is -2.52. The Morgan fingerprint density at radius 2 is 1.46 bits per heavy atom. The fraction of sp³-hybridized carbons (Fsp3) is 0.774. The first-order chi connectivity index (χ1) is 30.6. The van der Waals surface area contributed by atoms with Crippen LogP contribution < -0.4 is 4.74 Å². The van der Waals surface area contributed by atoms with Crippen LogP contribution in [0.25, 0.3) is 0 Å². The molecule has 8 unspecified atom stereocenters. The SMILES string of the molecule is CC1[C@@]2(O[C@@H]3C=C4C5CCC6Cc7nc8c(nc7C[C@@]6(C)C5C[C@H](O)[C@@]4(C)[C@]13O)CC1CCc3c(cc4c5c3C(O)C[C@H]5[C@@H](C)C3(O4)OC(C)(C)CC3O)[C@]1(C)C8)O[C@@](C)(CO)C[C@@H]2O. The molecule has 7 aliphatic carbocycles. The van der Waals surface area contributed by atoms with Gasteiger partial charge >= 0.3 is 0 Å².